The monoisotopic (exact) mass is 487 g/mol. The number of aliphatic hydroxyl groups excluding tert-OH is 1. The van der Waals surface area contributed by atoms with E-state index in [9.17, 15) is 14.7 Å². The molecule has 186 valence electrons. The number of benzene rings is 3. The van der Waals surface area contributed by atoms with Crippen LogP contribution in [0, 0.1) is 6.92 Å². The van der Waals surface area contributed by atoms with Gasteiger partial charge in [0.25, 0.3) is 11.7 Å². The fourth-order valence-corrected chi connectivity index (χ4v) is 4.37. The van der Waals surface area contributed by atoms with Crippen LogP contribution >= 0.6 is 0 Å². The highest BCUT2D eigenvalue weighted by atomic mass is 16.5. The first-order valence-electron chi connectivity index (χ1n) is 11.8. The molecule has 0 radical (unpaired) electrons. The summed E-state index contributed by atoms with van der Waals surface area (Å²) < 4.78 is 16.6. The van der Waals surface area contributed by atoms with Gasteiger partial charge in [0.15, 0.2) is 0 Å². The minimum absolute atomic E-state index is 0.0186. The quantitative estimate of drug-likeness (QED) is 0.259. The lowest BCUT2D eigenvalue weighted by molar-refractivity contribution is -0.132. The van der Waals surface area contributed by atoms with Crippen LogP contribution in [-0.2, 0) is 9.59 Å². The summed E-state index contributed by atoms with van der Waals surface area (Å²) in [4.78, 5) is 28.3. The number of hydrogen-bond donors (Lipinski definition) is 1. The van der Waals surface area contributed by atoms with Gasteiger partial charge in [-0.25, -0.2) is 0 Å². The van der Waals surface area contributed by atoms with E-state index in [1.807, 2.05) is 26.8 Å². The molecule has 1 aliphatic rings. The maximum absolute atomic E-state index is 13.4. The van der Waals surface area contributed by atoms with Crippen LogP contribution in [-0.4, -0.2) is 37.1 Å². The molecule has 1 amide bonds. The number of hydrogen-bond acceptors (Lipinski definition) is 6. The van der Waals surface area contributed by atoms with Crippen molar-refractivity contribution in [3.05, 3.63) is 89.0 Å². The SMILES string of the molecule is CCOc1ccc(C2/C(=C(\O)c3cc(C)ccc3OC)C(=O)C(=O)N2c2cccc(OCC)c2)cc1. The number of rotatable bonds is 8. The van der Waals surface area contributed by atoms with Gasteiger partial charge in [0.05, 0.1) is 37.5 Å². The Morgan fingerprint density at radius 1 is 0.917 bits per heavy atom. The molecule has 0 bridgehead atoms. The van der Waals surface area contributed by atoms with Gasteiger partial charge in [0.2, 0.25) is 0 Å². The number of nitrogens with zero attached hydrogens (tertiary/aromatic N) is 1. The maximum Gasteiger partial charge on any atom is 0.300 e. The van der Waals surface area contributed by atoms with E-state index < -0.39 is 17.7 Å². The summed E-state index contributed by atoms with van der Waals surface area (Å²) >= 11 is 0. The lowest BCUT2D eigenvalue weighted by Crippen LogP contribution is -2.29. The third-order valence-electron chi connectivity index (χ3n) is 5.97. The molecule has 1 aliphatic heterocycles. The number of aryl methyl sites for hydroxylation is 1. The van der Waals surface area contributed by atoms with Crippen LogP contribution in [0.15, 0.2) is 72.3 Å². The van der Waals surface area contributed by atoms with Crippen molar-refractivity contribution in [2.75, 3.05) is 25.2 Å². The molecule has 7 nitrogen and oxygen atoms in total. The van der Waals surface area contributed by atoms with Crippen molar-refractivity contribution in [1.29, 1.82) is 0 Å². The van der Waals surface area contributed by atoms with Crippen molar-refractivity contribution in [3.63, 3.8) is 0 Å². The average molecular weight is 488 g/mol. The molecule has 1 heterocycles. The molecule has 0 saturated carbocycles. The van der Waals surface area contributed by atoms with Gasteiger partial charge in [0.1, 0.15) is 23.0 Å². The Hall–Kier alpha value is -4.26. The van der Waals surface area contributed by atoms with Crippen LogP contribution in [0.4, 0.5) is 5.69 Å². The molecule has 1 saturated heterocycles. The molecule has 0 spiro atoms. The van der Waals surface area contributed by atoms with Gasteiger partial charge in [0, 0.05) is 11.8 Å². The predicted molar refractivity (Wildman–Crippen MR) is 138 cm³/mol. The van der Waals surface area contributed by atoms with Gasteiger partial charge >= 0.3 is 0 Å². The van der Waals surface area contributed by atoms with Gasteiger partial charge in [-0.2, -0.15) is 0 Å². The van der Waals surface area contributed by atoms with Crippen molar-refractivity contribution < 1.29 is 28.9 Å². The third-order valence-corrected chi connectivity index (χ3v) is 5.97. The summed E-state index contributed by atoms with van der Waals surface area (Å²) in [6, 6.07) is 18.6. The molecule has 0 aliphatic carbocycles. The minimum Gasteiger partial charge on any atom is -0.507 e. The van der Waals surface area contributed by atoms with Crippen LogP contribution in [0.3, 0.4) is 0 Å². The van der Waals surface area contributed by atoms with Crippen molar-refractivity contribution in [2.45, 2.75) is 26.8 Å². The highest BCUT2D eigenvalue weighted by Gasteiger charge is 2.47. The number of ether oxygens (including phenoxy) is 3. The molecule has 0 aromatic heterocycles. The van der Waals surface area contributed by atoms with Crippen molar-refractivity contribution >= 4 is 23.1 Å². The molecule has 1 unspecified atom stereocenters. The second-order valence-corrected chi connectivity index (χ2v) is 8.31. The summed E-state index contributed by atoms with van der Waals surface area (Å²) in [5.74, 6) is -0.184. The number of ketones is 1. The van der Waals surface area contributed by atoms with E-state index in [-0.39, 0.29) is 11.3 Å². The molecule has 1 fully saturated rings. The average Bonchev–Trinajstić information content (AvgIpc) is 3.15. The van der Waals surface area contributed by atoms with Gasteiger partial charge in [-0.05, 0) is 62.7 Å². The Morgan fingerprint density at radius 2 is 1.61 bits per heavy atom. The number of carbonyl (C=O) groups is 2. The molecular formula is C29H29NO6. The first-order chi connectivity index (χ1) is 17.4. The lowest BCUT2D eigenvalue weighted by Gasteiger charge is -2.26. The Labute approximate surface area is 210 Å². The number of anilines is 1. The fraction of sp³-hybridized carbons (Fsp3) is 0.241. The standard InChI is InChI=1S/C29H29NO6/c1-5-35-21-13-11-19(12-14-21)26-25(27(31)23-16-18(3)10-15-24(23)34-4)28(32)29(33)30(26)20-8-7-9-22(17-20)36-6-2/h7-17,26,31H,5-6H2,1-4H3/b27-25+. The second kappa shape index (κ2) is 10.6. The van der Waals surface area contributed by atoms with E-state index in [0.29, 0.717) is 47.3 Å². The van der Waals surface area contributed by atoms with E-state index in [1.165, 1.54) is 12.0 Å². The maximum atomic E-state index is 13.4. The van der Waals surface area contributed by atoms with Gasteiger partial charge in [-0.15, -0.1) is 0 Å². The van der Waals surface area contributed by atoms with Crippen LogP contribution in [0.1, 0.15) is 36.6 Å². The van der Waals surface area contributed by atoms with E-state index >= 15 is 0 Å². The molecule has 7 heteroatoms. The van der Waals surface area contributed by atoms with Gasteiger partial charge in [-0.1, -0.05) is 29.8 Å². The Kier molecular flexibility index (Phi) is 7.29. The number of Topliss-reactive ketones (excluding diaryl/α,β-unsaturated/α-hetero) is 1. The van der Waals surface area contributed by atoms with E-state index in [0.717, 1.165) is 5.56 Å². The molecular weight excluding hydrogens is 458 g/mol. The summed E-state index contributed by atoms with van der Waals surface area (Å²) in [6.07, 6.45) is 0. The van der Waals surface area contributed by atoms with Gasteiger partial charge < -0.3 is 19.3 Å². The first kappa shape index (κ1) is 24.9. The number of carbonyl (C=O) groups excluding carboxylic acids is 2. The molecule has 3 aromatic carbocycles. The summed E-state index contributed by atoms with van der Waals surface area (Å²) in [5, 5.41) is 11.5. The number of aliphatic hydroxyl groups is 1. The second-order valence-electron chi connectivity index (χ2n) is 8.31. The lowest BCUT2D eigenvalue weighted by atomic mass is 9.94. The predicted octanol–water partition coefficient (Wildman–Crippen LogP) is 5.43. The molecule has 36 heavy (non-hydrogen) atoms. The third kappa shape index (κ3) is 4.64. The molecule has 1 atom stereocenters. The smallest absolute Gasteiger partial charge is 0.300 e. The summed E-state index contributed by atoms with van der Waals surface area (Å²) in [6.45, 7) is 6.60. The van der Waals surface area contributed by atoms with Crippen LogP contribution in [0.5, 0.6) is 17.2 Å². The molecule has 3 aromatic rings. The highest BCUT2D eigenvalue weighted by Crippen LogP contribution is 2.44. The van der Waals surface area contributed by atoms with Crippen molar-refractivity contribution in [2.24, 2.45) is 0 Å². The molecule has 4 rings (SSSR count). The minimum atomic E-state index is -0.872. The largest absolute Gasteiger partial charge is 0.507 e. The number of methoxy groups -OCH3 is 1. The molecule has 1 N–H and O–H groups in total. The zero-order chi connectivity index (χ0) is 25.8. The van der Waals surface area contributed by atoms with Crippen molar-refractivity contribution in [1.82, 2.24) is 0 Å². The van der Waals surface area contributed by atoms with Crippen LogP contribution < -0.4 is 19.1 Å². The van der Waals surface area contributed by atoms with E-state index in [1.54, 1.807) is 60.7 Å². The fourth-order valence-electron chi connectivity index (χ4n) is 4.37. The summed E-state index contributed by atoms with van der Waals surface area (Å²) in [5.41, 5.74) is 2.32. The number of amides is 1. The van der Waals surface area contributed by atoms with Crippen LogP contribution in [0.25, 0.3) is 5.76 Å². The Balaban J connectivity index is 1.94. The highest BCUT2D eigenvalue weighted by molar-refractivity contribution is 6.51. The topological polar surface area (TPSA) is 85.3 Å². The van der Waals surface area contributed by atoms with Crippen LogP contribution in [0.2, 0.25) is 0 Å². The van der Waals surface area contributed by atoms with Gasteiger partial charge in [-0.3, -0.25) is 14.5 Å². The Morgan fingerprint density at radius 3 is 2.28 bits per heavy atom. The Bertz CT molecular complexity index is 1310. The van der Waals surface area contributed by atoms with Crippen molar-refractivity contribution in [3.8, 4) is 17.2 Å². The normalized spacial score (nSPS) is 16.8. The first-order valence-corrected chi connectivity index (χ1v) is 11.8. The zero-order valence-corrected chi connectivity index (χ0v) is 20.8. The van der Waals surface area contributed by atoms with E-state index in [4.69, 9.17) is 14.2 Å². The van der Waals surface area contributed by atoms with E-state index in [2.05, 4.69) is 0 Å². The summed E-state index contributed by atoms with van der Waals surface area (Å²) in [7, 11) is 1.49. The zero-order valence-electron chi connectivity index (χ0n) is 20.8.